The number of halogens is 1. The Kier molecular flexibility index (Phi) is 3.01. The van der Waals surface area contributed by atoms with Crippen molar-refractivity contribution in [1.29, 1.82) is 0 Å². The predicted octanol–water partition coefficient (Wildman–Crippen LogP) is 3.24. The largest absolute Gasteiger partial charge is 0.299 e. The van der Waals surface area contributed by atoms with Gasteiger partial charge < -0.3 is 0 Å². The second-order valence-electron chi connectivity index (χ2n) is 4.56. The standard InChI is InChI=1S/C11H18ClN3/c1-4-9-5-6-10(7(9)2)15-8(3)13-14-11(15)12/h7,9-10H,4-6H2,1-3H3. The Morgan fingerprint density at radius 1 is 1.40 bits per heavy atom. The zero-order chi connectivity index (χ0) is 11.0. The number of aromatic nitrogens is 3. The van der Waals surface area contributed by atoms with Gasteiger partial charge in [0.2, 0.25) is 5.28 Å². The molecule has 1 fully saturated rings. The van der Waals surface area contributed by atoms with Gasteiger partial charge in [-0.3, -0.25) is 4.57 Å². The number of nitrogens with zero attached hydrogens (tertiary/aromatic N) is 3. The molecule has 1 aromatic heterocycles. The maximum Gasteiger partial charge on any atom is 0.225 e. The summed E-state index contributed by atoms with van der Waals surface area (Å²) in [5.41, 5.74) is 0. The maximum atomic E-state index is 6.07. The first-order valence-corrected chi connectivity index (χ1v) is 6.10. The van der Waals surface area contributed by atoms with Crippen LogP contribution in [0.1, 0.15) is 45.0 Å². The van der Waals surface area contributed by atoms with Crippen LogP contribution in [0.3, 0.4) is 0 Å². The molecule has 1 saturated carbocycles. The van der Waals surface area contributed by atoms with E-state index in [1.165, 1.54) is 19.3 Å². The molecule has 0 N–H and O–H groups in total. The van der Waals surface area contributed by atoms with Gasteiger partial charge in [0.15, 0.2) is 0 Å². The molecule has 0 radical (unpaired) electrons. The zero-order valence-electron chi connectivity index (χ0n) is 9.57. The number of aryl methyl sites for hydroxylation is 1. The first-order valence-electron chi connectivity index (χ1n) is 5.72. The SMILES string of the molecule is CCC1CCC(n2c(C)nnc2Cl)C1C. The van der Waals surface area contributed by atoms with Crippen molar-refractivity contribution in [2.75, 3.05) is 0 Å². The molecule has 1 aliphatic carbocycles. The summed E-state index contributed by atoms with van der Waals surface area (Å²) in [6.07, 6.45) is 3.77. The fourth-order valence-electron chi connectivity index (χ4n) is 2.89. The van der Waals surface area contributed by atoms with E-state index >= 15 is 0 Å². The molecule has 1 heterocycles. The molecule has 1 aromatic rings. The van der Waals surface area contributed by atoms with Gasteiger partial charge >= 0.3 is 0 Å². The van der Waals surface area contributed by atoms with Crippen molar-refractivity contribution in [2.45, 2.75) is 46.1 Å². The molecular formula is C11H18ClN3. The van der Waals surface area contributed by atoms with E-state index in [1.807, 2.05) is 6.92 Å². The van der Waals surface area contributed by atoms with Crippen molar-refractivity contribution >= 4 is 11.6 Å². The highest BCUT2D eigenvalue weighted by molar-refractivity contribution is 6.28. The highest BCUT2D eigenvalue weighted by Gasteiger charge is 2.34. The Hall–Kier alpha value is -0.570. The van der Waals surface area contributed by atoms with Gasteiger partial charge in [-0.2, -0.15) is 0 Å². The lowest BCUT2D eigenvalue weighted by Gasteiger charge is -2.22. The third-order valence-electron chi connectivity index (χ3n) is 3.86. The number of hydrogen-bond acceptors (Lipinski definition) is 2. The molecule has 0 aliphatic heterocycles. The van der Waals surface area contributed by atoms with E-state index in [1.54, 1.807) is 0 Å². The Balaban J connectivity index is 2.26. The number of hydrogen-bond donors (Lipinski definition) is 0. The van der Waals surface area contributed by atoms with E-state index in [-0.39, 0.29) is 0 Å². The van der Waals surface area contributed by atoms with Crippen LogP contribution in [0.4, 0.5) is 0 Å². The van der Waals surface area contributed by atoms with E-state index < -0.39 is 0 Å². The van der Waals surface area contributed by atoms with Crippen LogP contribution < -0.4 is 0 Å². The van der Waals surface area contributed by atoms with Gasteiger partial charge in [-0.05, 0) is 43.2 Å². The second-order valence-corrected chi connectivity index (χ2v) is 4.90. The van der Waals surface area contributed by atoms with Gasteiger partial charge in [0.1, 0.15) is 5.82 Å². The summed E-state index contributed by atoms with van der Waals surface area (Å²) in [5, 5.41) is 8.49. The maximum absolute atomic E-state index is 6.07. The summed E-state index contributed by atoms with van der Waals surface area (Å²) in [5.74, 6) is 2.45. The van der Waals surface area contributed by atoms with Crippen LogP contribution in [0, 0.1) is 18.8 Å². The molecule has 0 bridgehead atoms. The van der Waals surface area contributed by atoms with E-state index in [0.29, 0.717) is 17.2 Å². The quantitative estimate of drug-likeness (QED) is 0.777. The topological polar surface area (TPSA) is 30.7 Å². The van der Waals surface area contributed by atoms with Gasteiger partial charge in [-0.15, -0.1) is 10.2 Å². The Bertz CT molecular complexity index is 328. The predicted molar refractivity (Wildman–Crippen MR) is 61.0 cm³/mol. The highest BCUT2D eigenvalue weighted by Crippen LogP contribution is 2.42. The fourth-order valence-corrected chi connectivity index (χ4v) is 3.17. The second kappa shape index (κ2) is 4.12. The van der Waals surface area contributed by atoms with Crippen LogP contribution in [0.5, 0.6) is 0 Å². The van der Waals surface area contributed by atoms with E-state index in [2.05, 4.69) is 28.6 Å². The van der Waals surface area contributed by atoms with Gasteiger partial charge in [-0.25, -0.2) is 0 Å². The molecule has 84 valence electrons. The summed E-state index contributed by atoms with van der Waals surface area (Å²) in [4.78, 5) is 0. The van der Waals surface area contributed by atoms with Gasteiger partial charge in [0.25, 0.3) is 0 Å². The summed E-state index contributed by atoms with van der Waals surface area (Å²) < 4.78 is 2.10. The Morgan fingerprint density at radius 3 is 2.60 bits per heavy atom. The minimum Gasteiger partial charge on any atom is -0.299 e. The summed E-state index contributed by atoms with van der Waals surface area (Å²) in [6, 6.07) is 0.498. The van der Waals surface area contributed by atoms with Crippen LogP contribution in [0.2, 0.25) is 5.28 Å². The van der Waals surface area contributed by atoms with Gasteiger partial charge in [0, 0.05) is 6.04 Å². The third kappa shape index (κ3) is 1.78. The average Bonchev–Trinajstić information content (AvgIpc) is 2.71. The minimum absolute atomic E-state index is 0.498. The summed E-state index contributed by atoms with van der Waals surface area (Å²) in [7, 11) is 0. The number of rotatable bonds is 2. The van der Waals surface area contributed by atoms with Crippen molar-refractivity contribution < 1.29 is 0 Å². The molecular weight excluding hydrogens is 210 g/mol. The first kappa shape index (κ1) is 10.9. The van der Waals surface area contributed by atoms with Crippen molar-refractivity contribution in [2.24, 2.45) is 11.8 Å². The van der Waals surface area contributed by atoms with E-state index in [0.717, 1.165) is 11.7 Å². The monoisotopic (exact) mass is 227 g/mol. The van der Waals surface area contributed by atoms with Crippen molar-refractivity contribution in [3.63, 3.8) is 0 Å². The van der Waals surface area contributed by atoms with Crippen molar-refractivity contribution in [3.8, 4) is 0 Å². The third-order valence-corrected chi connectivity index (χ3v) is 4.12. The lowest BCUT2D eigenvalue weighted by Crippen LogP contribution is -2.16. The van der Waals surface area contributed by atoms with Crippen molar-refractivity contribution in [3.05, 3.63) is 11.1 Å². The molecule has 2 rings (SSSR count). The van der Waals surface area contributed by atoms with Crippen molar-refractivity contribution in [1.82, 2.24) is 14.8 Å². The van der Waals surface area contributed by atoms with Crippen LogP contribution in [-0.4, -0.2) is 14.8 Å². The molecule has 0 amide bonds. The fraction of sp³-hybridized carbons (Fsp3) is 0.818. The molecule has 0 aromatic carbocycles. The van der Waals surface area contributed by atoms with E-state index in [9.17, 15) is 0 Å². The van der Waals surface area contributed by atoms with Gasteiger partial charge in [-0.1, -0.05) is 20.3 Å². The Morgan fingerprint density at radius 2 is 2.13 bits per heavy atom. The van der Waals surface area contributed by atoms with E-state index in [4.69, 9.17) is 11.6 Å². The summed E-state index contributed by atoms with van der Waals surface area (Å²) in [6.45, 7) is 6.57. The molecule has 4 heteroatoms. The first-order chi connectivity index (χ1) is 7.15. The lowest BCUT2D eigenvalue weighted by molar-refractivity contribution is 0.326. The smallest absolute Gasteiger partial charge is 0.225 e. The van der Waals surface area contributed by atoms with Crippen LogP contribution in [-0.2, 0) is 0 Å². The zero-order valence-corrected chi connectivity index (χ0v) is 10.3. The summed E-state index contributed by atoms with van der Waals surface area (Å²) >= 11 is 6.07. The molecule has 0 saturated heterocycles. The Labute approximate surface area is 95.8 Å². The van der Waals surface area contributed by atoms with Crippen LogP contribution >= 0.6 is 11.6 Å². The van der Waals surface area contributed by atoms with Gasteiger partial charge in [0.05, 0.1) is 0 Å². The molecule has 3 unspecified atom stereocenters. The minimum atomic E-state index is 0.498. The molecule has 1 aliphatic rings. The highest BCUT2D eigenvalue weighted by atomic mass is 35.5. The lowest BCUT2D eigenvalue weighted by atomic mass is 9.93. The molecule has 0 spiro atoms. The van der Waals surface area contributed by atoms with Crippen LogP contribution in [0.25, 0.3) is 0 Å². The molecule has 3 atom stereocenters. The molecule has 3 nitrogen and oxygen atoms in total. The normalized spacial score (nSPS) is 31.1. The average molecular weight is 228 g/mol. The molecule has 15 heavy (non-hydrogen) atoms. The van der Waals surface area contributed by atoms with Crippen LogP contribution in [0.15, 0.2) is 0 Å².